The summed E-state index contributed by atoms with van der Waals surface area (Å²) in [6.45, 7) is 14.2. The molecule has 94 heavy (non-hydrogen) atoms. The van der Waals surface area contributed by atoms with Crippen molar-refractivity contribution in [2.45, 2.75) is 395 Å². The molecule has 19 heteroatoms. The number of ether oxygens (including phenoxy) is 4. The van der Waals surface area contributed by atoms with Crippen molar-refractivity contribution in [2.24, 2.45) is 23.7 Å². The third kappa shape index (κ3) is 67.3. The molecule has 558 valence electrons. The largest absolute Gasteiger partial charge is 0.472 e. The van der Waals surface area contributed by atoms with E-state index in [1.165, 1.54) is 180 Å². The molecule has 0 aliphatic heterocycles. The first-order chi connectivity index (χ1) is 45.1. The summed E-state index contributed by atoms with van der Waals surface area (Å²) >= 11 is 0. The maximum absolute atomic E-state index is 13.1. The number of aliphatic hydroxyl groups is 1. The first kappa shape index (κ1) is 92.1. The lowest BCUT2D eigenvalue weighted by Crippen LogP contribution is -2.30. The predicted molar refractivity (Wildman–Crippen MR) is 381 cm³/mol. The topological polar surface area (TPSA) is 237 Å². The summed E-state index contributed by atoms with van der Waals surface area (Å²) in [5.74, 6) is 0.956. The predicted octanol–water partition coefficient (Wildman–Crippen LogP) is 21.7. The molecule has 3 N–H and O–H groups in total. The normalized spacial score (nSPS) is 14.4. The highest BCUT2D eigenvalue weighted by atomic mass is 31.2. The lowest BCUT2D eigenvalue weighted by atomic mass is 9.99. The molecular weight excluding hydrogens is 1230 g/mol. The summed E-state index contributed by atoms with van der Waals surface area (Å²) in [5.41, 5.74) is 0. The van der Waals surface area contributed by atoms with E-state index in [1.807, 2.05) is 0 Å². The maximum Gasteiger partial charge on any atom is 0.472 e. The lowest BCUT2D eigenvalue weighted by molar-refractivity contribution is -0.161. The Labute approximate surface area is 575 Å². The molecular formula is C75H146O17P2. The van der Waals surface area contributed by atoms with Crippen molar-refractivity contribution in [2.75, 3.05) is 39.6 Å². The number of esters is 4. The van der Waals surface area contributed by atoms with Crippen LogP contribution in [-0.2, 0) is 65.4 Å². The highest BCUT2D eigenvalue weighted by Gasteiger charge is 2.30. The molecule has 0 rings (SSSR count). The minimum Gasteiger partial charge on any atom is -0.462 e. The van der Waals surface area contributed by atoms with E-state index in [2.05, 4.69) is 55.4 Å². The molecule has 0 heterocycles. The van der Waals surface area contributed by atoms with Gasteiger partial charge in [-0.05, 0) is 49.4 Å². The van der Waals surface area contributed by atoms with Crippen LogP contribution in [0.4, 0.5) is 0 Å². The van der Waals surface area contributed by atoms with E-state index in [0.717, 1.165) is 114 Å². The summed E-state index contributed by atoms with van der Waals surface area (Å²) in [7, 11) is -9.91. The second-order valence-electron chi connectivity index (χ2n) is 28.7. The first-order valence-corrected chi connectivity index (χ1v) is 41.7. The fourth-order valence-corrected chi connectivity index (χ4v) is 12.9. The van der Waals surface area contributed by atoms with Crippen LogP contribution in [0.15, 0.2) is 0 Å². The van der Waals surface area contributed by atoms with Crippen LogP contribution >= 0.6 is 15.6 Å². The number of unbranched alkanes of at least 4 members (excludes halogenated alkanes) is 37. The van der Waals surface area contributed by atoms with Gasteiger partial charge in [-0.2, -0.15) is 0 Å². The molecule has 0 saturated heterocycles. The number of carbonyl (C=O) groups excluding carboxylic acids is 4. The Bertz CT molecular complexity index is 1850. The average molecular weight is 1380 g/mol. The molecule has 0 aliphatic rings. The Morgan fingerprint density at radius 2 is 0.511 bits per heavy atom. The van der Waals surface area contributed by atoms with Gasteiger partial charge in [-0.25, -0.2) is 9.13 Å². The van der Waals surface area contributed by atoms with E-state index in [9.17, 15) is 43.2 Å². The number of rotatable bonds is 72. The molecule has 0 spiro atoms. The Morgan fingerprint density at radius 3 is 0.755 bits per heavy atom. The first-order valence-electron chi connectivity index (χ1n) is 38.7. The van der Waals surface area contributed by atoms with Crippen molar-refractivity contribution >= 4 is 39.5 Å². The van der Waals surface area contributed by atoms with Gasteiger partial charge in [0.1, 0.15) is 19.3 Å². The van der Waals surface area contributed by atoms with Crippen LogP contribution in [0.2, 0.25) is 0 Å². The molecule has 0 aromatic carbocycles. The van der Waals surface area contributed by atoms with Gasteiger partial charge in [0.25, 0.3) is 0 Å². The van der Waals surface area contributed by atoms with Crippen LogP contribution in [0.1, 0.15) is 376 Å². The van der Waals surface area contributed by atoms with Crippen LogP contribution < -0.4 is 0 Å². The van der Waals surface area contributed by atoms with Crippen molar-refractivity contribution < 1.29 is 80.2 Å². The van der Waals surface area contributed by atoms with Gasteiger partial charge in [-0.15, -0.1) is 0 Å². The Morgan fingerprint density at radius 1 is 0.298 bits per heavy atom. The van der Waals surface area contributed by atoms with Crippen molar-refractivity contribution in [1.29, 1.82) is 0 Å². The van der Waals surface area contributed by atoms with Gasteiger partial charge in [-0.3, -0.25) is 37.3 Å². The summed E-state index contributed by atoms with van der Waals surface area (Å²) in [4.78, 5) is 72.8. The van der Waals surface area contributed by atoms with E-state index in [4.69, 9.17) is 37.0 Å². The Balaban J connectivity index is 5.28. The highest BCUT2D eigenvalue weighted by Crippen LogP contribution is 2.45. The van der Waals surface area contributed by atoms with Gasteiger partial charge in [-0.1, -0.05) is 325 Å². The third-order valence-electron chi connectivity index (χ3n) is 17.7. The molecule has 6 atom stereocenters. The van der Waals surface area contributed by atoms with Crippen molar-refractivity contribution in [1.82, 2.24) is 0 Å². The van der Waals surface area contributed by atoms with Gasteiger partial charge in [0.2, 0.25) is 0 Å². The highest BCUT2D eigenvalue weighted by molar-refractivity contribution is 7.47. The van der Waals surface area contributed by atoms with Crippen LogP contribution in [0.3, 0.4) is 0 Å². The number of hydrogen-bond acceptors (Lipinski definition) is 15. The number of hydrogen-bond donors (Lipinski definition) is 3. The molecule has 17 nitrogen and oxygen atoms in total. The summed E-state index contributed by atoms with van der Waals surface area (Å²) in [5, 5.41) is 10.6. The second kappa shape index (κ2) is 64.4. The Hall–Kier alpha value is -1.94. The number of phosphoric ester groups is 2. The van der Waals surface area contributed by atoms with Gasteiger partial charge in [0.05, 0.1) is 26.4 Å². The molecule has 0 radical (unpaired) electrons. The van der Waals surface area contributed by atoms with Gasteiger partial charge in [0.15, 0.2) is 12.2 Å². The Kier molecular flexibility index (Phi) is 63.1. The van der Waals surface area contributed by atoms with E-state index in [1.54, 1.807) is 0 Å². The third-order valence-corrected chi connectivity index (χ3v) is 19.6. The van der Waals surface area contributed by atoms with Gasteiger partial charge < -0.3 is 33.8 Å². The summed E-state index contributed by atoms with van der Waals surface area (Å²) < 4.78 is 68.5. The molecule has 0 aromatic heterocycles. The fraction of sp³-hybridized carbons (Fsp3) is 0.947. The van der Waals surface area contributed by atoms with Crippen LogP contribution in [0.25, 0.3) is 0 Å². The van der Waals surface area contributed by atoms with E-state index < -0.39 is 97.5 Å². The standard InChI is InChI=1S/C75H146O17P2/c1-9-68(8)54-46-38-30-21-17-18-22-31-39-47-55-72(77)85-61-70(91-74(79)57-49-41-33-23-15-11-10-13-19-27-35-43-51-65(2)3)63-89-93(81,82)87-59-69(76)60-88-94(83,84)90-64-71(62-86-73(78)56-48-40-32-26-25-29-37-45-53-67(6)7)92-75(80)58-50-42-34-24-16-12-14-20-28-36-44-52-66(4)5/h65-71,76H,9-64H2,1-8H3,(H,81,82)(H,83,84)/t68?,69?,70-,71-/m1/s1. The molecule has 0 saturated carbocycles. The van der Waals surface area contributed by atoms with Crippen molar-refractivity contribution in [3.05, 3.63) is 0 Å². The zero-order valence-corrected chi connectivity index (χ0v) is 63.4. The van der Waals surface area contributed by atoms with Crippen molar-refractivity contribution in [3.8, 4) is 0 Å². The molecule has 0 aromatic rings. The monoisotopic (exact) mass is 1380 g/mol. The maximum atomic E-state index is 13.1. The number of carbonyl (C=O) groups is 4. The smallest absolute Gasteiger partial charge is 0.462 e. The van der Waals surface area contributed by atoms with Crippen LogP contribution in [0.5, 0.6) is 0 Å². The van der Waals surface area contributed by atoms with Gasteiger partial charge >= 0.3 is 39.5 Å². The molecule has 0 bridgehead atoms. The van der Waals surface area contributed by atoms with Gasteiger partial charge in [0, 0.05) is 25.7 Å². The van der Waals surface area contributed by atoms with Crippen LogP contribution in [-0.4, -0.2) is 96.7 Å². The molecule has 4 unspecified atom stereocenters. The average Bonchev–Trinajstić information content (AvgIpc) is 1.52. The number of phosphoric acid groups is 2. The zero-order valence-electron chi connectivity index (χ0n) is 61.6. The molecule has 0 amide bonds. The molecule has 0 aliphatic carbocycles. The summed E-state index contributed by atoms with van der Waals surface area (Å²) in [6.07, 6.45) is 48.4. The quantitative estimate of drug-likeness (QED) is 0.0222. The number of aliphatic hydroxyl groups excluding tert-OH is 1. The zero-order chi connectivity index (χ0) is 69.6. The van der Waals surface area contributed by atoms with E-state index in [-0.39, 0.29) is 25.7 Å². The SMILES string of the molecule is CCC(C)CCCCCCCCCCCCC(=O)OC[C@H](COP(=O)(O)OCC(O)COP(=O)(O)OC[C@@H](COC(=O)CCCCCCCCCCC(C)C)OC(=O)CCCCCCCCCCCCCC(C)C)OC(=O)CCCCCCCCCCCCCCC(C)C. The fourth-order valence-electron chi connectivity index (χ4n) is 11.3. The summed E-state index contributed by atoms with van der Waals surface area (Å²) in [6, 6.07) is 0. The lowest BCUT2D eigenvalue weighted by Gasteiger charge is -2.21. The van der Waals surface area contributed by atoms with Crippen LogP contribution in [0, 0.1) is 23.7 Å². The van der Waals surface area contributed by atoms with E-state index in [0.29, 0.717) is 25.7 Å². The minimum absolute atomic E-state index is 0.105. The second-order valence-corrected chi connectivity index (χ2v) is 31.6. The molecule has 0 fully saturated rings. The van der Waals surface area contributed by atoms with Crippen molar-refractivity contribution in [3.63, 3.8) is 0 Å². The minimum atomic E-state index is -4.96. The van der Waals surface area contributed by atoms with E-state index >= 15 is 0 Å².